The van der Waals surface area contributed by atoms with E-state index in [0.717, 1.165) is 28.3 Å². The van der Waals surface area contributed by atoms with Gasteiger partial charge in [0.05, 0.1) is 7.11 Å². The van der Waals surface area contributed by atoms with Crippen LogP contribution < -0.4 is 15.9 Å². The van der Waals surface area contributed by atoms with E-state index in [4.69, 9.17) is 9.84 Å². The molecule has 0 fully saturated rings. The van der Waals surface area contributed by atoms with Crippen LogP contribution in [-0.2, 0) is 16.0 Å². The van der Waals surface area contributed by atoms with Crippen molar-refractivity contribution in [3.05, 3.63) is 34.2 Å². The standard InChI is InChI=1S/C17H26N2O3/c1-6-14(22-5)9-15-13(10-18-16(15)7-2)8-11(3)19-12(4)17(20)21/h6-7,9-12,18-19H,8H2,1-5H3,(H,20,21)/b14-6+,15-9-,16-7+. The fourth-order valence-corrected chi connectivity index (χ4v) is 2.36. The van der Waals surface area contributed by atoms with Crippen LogP contribution in [0.25, 0.3) is 12.2 Å². The number of rotatable bonds is 7. The SMILES string of the molecule is C\C=C(/C=c1/c(CC(C)NC(C)C(=O)O)c[nH]/c1=C/C)OC. The number of carbonyl (C=O) groups is 1. The molecule has 0 aromatic carbocycles. The third kappa shape index (κ3) is 4.77. The van der Waals surface area contributed by atoms with Crippen LogP contribution in [0.5, 0.6) is 0 Å². The molecular weight excluding hydrogens is 280 g/mol. The Morgan fingerprint density at radius 1 is 1.45 bits per heavy atom. The van der Waals surface area contributed by atoms with Crippen LogP contribution in [0, 0.1) is 0 Å². The summed E-state index contributed by atoms with van der Waals surface area (Å²) in [5, 5.41) is 14.2. The lowest BCUT2D eigenvalue weighted by atomic mass is 10.1. The molecule has 2 atom stereocenters. The van der Waals surface area contributed by atoms with Gasteiger partial charge in [0.1, 0.15) is 11.8 Å². The highest BCUT2D eigenvalue weighted by atomic mass is 16.5. The van der Waals surface area contributed by atoms with Crippen molar-refractivity contribution in [2.75, 3.05) is 7.11 Å². The number of carboxylic acids is 1. The van der Waals surface area contributed by atoms with E-state index >= 15 is 0 Å². The van der Waals surface area contributed by atoms with Crippen molar-refractivity contribution in [3.63, 3.8) is 0 Å². The summed E-state index contributed by atoms with van der Waals surface area (Å²) in [4.78, 5) is 14.2. The van der Waals surface area contributed by atoms with Gasteiger partial charge in [-0.1, -0.05) is 6.08 Å². The summed E-state index contributed by atoms with van der Waals surface area (Å²) in [7, 11) is 1.65. The van der Waals surface area contributed by atoms with Crippen LogP contribution in [0.1, 0.15) is 33.3 Å². The Kier molecular flexibility index (Phi) is 6.92. The Hall–Kier alpha value is -2.01. The van der Waals surface area contributed by atoms with Gasteiger partial charge >= 0.3 is 5.97 Å². The summed E-state index contributed by atoms with van der Waals surface area (Å²) in [6.45, 7) is 7.54. The number of ether oxygens (including phenoxy) is 1. The molecule has 1 rings (SSSR count). The smallest absolute Gasteiger partial charge is 0.320 e. The number of carboxylic acid groups (broad SMARTS) is 1. The van der Waals surface area contributed by atoms with Crippen molar-refractivity contribution in [1.82, 2.24) is 10.3 Å². The van der Waals surface area contributed by atoms with Crippen molar-refractivity contribution in [2.24, 2.45) is 0 Å². The number of aromatic amines is 1. The van der Waals surface area contributed by atoms with E-state index < -0.39 is 12.0 Å². The van der Waals surface area contributed by atoms with Gasteiger partial charge in [0.15, 0.2) is 0 Å². The van der Waals surface area contributed by atoms with E-state index in [1.165, 1.54) is 0 Å². The van der Waals surface area contributed by atoms with Gasteiger partial charge in [0.25, 0.3) is 0 Å². The second-order valence-electron chi connectivity index (χ2n) is 5.30. The minimum atomic E-state index is -0.842. The molecule has 0 bridgehead atoms. The highest BCUT2D eigenvalue weighted by molar-refractivity contribution is 5.72. The second-order valence-corrected chi connectivity index (χ2v) is 5.30. The molecule has 0 saturated heterocycles. The van der Waals surface area contributed by atoms with Gasteiger partial charge in [-0.15, -0.1) is 0 Å². The van der Waals surface area contributed by atoms with Crippen molar-refractivity contribution >= 4 is 18.1 Å². The number of hydrogen-bond acceptors (Lipinski definition) is 3. The monoisotopic (exact) mass is 306 g/mol. The van der Waals surface area contributed by atoms with E-state index in [-0.39, 0.29) is 6.04 Å². The summed E-state index contributed by atoms with van der Waals surface area (Å²) >= 11 is 0. The number of nitrogens with one attached hydrogen (secondary N) is 2. The van der Waals surface area contributed by atoms with E-state index in [1.807, 2.05) is 45.2 Å². The number of H-pyrrole nitrogens is 1. The third-order valence-electron chi connectivity index (χ3n) is 3.56. The zero-order valence-electron chi connectivity index (χ0n) is 13.9. The number of methoxy groups -OCH3 is 1. The average Bonchev–Trinajstić information content (AvgIpc) is 2.85. The van der Waals surface area contributed by atoms with Crippen LogP contribution in [0.15, 0.2) is 18.0 Å². The molecule has 1 aromatic rings. The van der Waals surface area contributed by atoms with Gasteiger partial charge in [-0.3, -0.25) is 4.79 Å². The Morgan fingerprint density at radius 3 is 2.64 bits per heavy atom. The number of aromatic nitrogens is 1. The van der Waals surface area contributed by atoms with Gasteiger partial charge in [0, 0.05) is 22.8 Å². The van der Waals surface area contributed by atoms with Crippen LogP contribution in [0.3, 0.4) is 0 Å². The summed E-state index contributed by atoms with van der Waals surface area (Å²) in [6.07, 6.45) is 8.61. The van der Waals surface area contributed by atoms with Gasteiger partial charge in [-0.25, -0.2) is 0 Å². The van der Waals surface area contributed by atoms with Crippen molar-refractivity contribution in [2.45, 2.75) is 46.2 Å². The van der Waals surface area contributed by atoms with Crippen LogP contribution in [0.4, 0.5) is 0 Å². The molecule has 0 aliphatic carbocycles. The largest absolute Gasteiger partial charge is 0.497 e. The molecule has 0 radical (unpaired) electrons. The molecule has 22 heavy (non-hydrogen) atoms. The molecule has 1 aromatic heterocycles. The molecule has 5 heteroatoms. The molecule has 2 unspecified atom stereocenters. The summed E-state index contributed by atoms with van der Waals surface area (Å²) in [5.41, 5.74) is 1.13. The lowest BCUT2D eigenvalue weighted by molar-refractivity contribution is -0.139. The topological polar surface area (TPSA) is 74.4 Å². The predicted molar refractivity (Wildman–Crippen MR) is 88.8 cm³/mol. The number of allylic oxidation sites excluding steroid dienone is 2. The molecule has 3 N–H and O–H groups in total. The first kappa shape index (κ1) is 18.0. The molecule has 5 nitrogen and oxygen atoms in total. The quantitative estimate of drug-likeness (QED) is 0.661. The van der Waals surface area contributed by atoms with Crippen molar-refractivity contribution < 1.29 is 14.6 Å². The normalized spacial score (nSPS) is 16.7. The minimum Gasteiger partial charge on any atom is -0.497 e. The lowest BCUT2D eigenvalue weighted by Crippen LogP contribution is -2.41. The number of aliphatic carboxylic acids is 1. The first-order valence-electron chi connectivity index (χ1n) is 7.46. The van der Waals surface area contributed by atoms with Crippen LogP contribution in [0.2, 0.25) is 0 Å². The third-order valence-corrected chi connectivity index (χ3v) is 3.56. The van der Waals surface area contributed by atoms with E-state index in [9.17, 15) is 4.79 Å². The van der Waals surface area contributed by atoms with Gasteiger partial charge in [-0.2, -0.15) is 0 Å². The molecule has 1 heterocycles. The summed E-state index contributed by atoms with van der Waals surface area (Å²) in [6, 6.07) is -0.515. The van der Waals surface area contributed by atoms with E-state index in [1.54, 1.807) is 14.0 Å². The maximum Gasteiger partial charge on any atom is 0.320 e. The molecular formula is C17H26N2O3. The van der Waals surface area contributed by atoms with Gasteiger partial charge in [0.2, 0.25) is 0 Å². The highest BCUT2D eigenvalue weighted by Gasteiger charge is 2.14. The minimum absolute atomic E-state index is 0.0513. The highest BCUT2D eigenvalue weighted by Crippen LogP contribution is 2.00. The lowest BCUT2D eigenvalue weighted by Gasteiger charge is -2.16. The first-order valence-corrected chi connectivity index (χ1v) is 7.46. The van der Waals surface area contributed by atoms with E-state index in [2.05, 4.69) is 10.3 Å². The molecule has 0 saturated carbocycles. The molecule has 0 amide bonds. The maximum absolute atomic E-state index is 10.9. The van der Waals surface area contributed by atoms with Gasteiger partial charge in [-0.05, 0) is 51.8 Å². The Labute approximate surface area is 131 Å². The summed E-state index contributed by atoms with van der Waals surface area (Å²) < 4.78 is 5.31. The van der Waals surface area contributed by atoms with E-state index in [0.29, 0.717) is 0 Å². The molecule has 0 spiro atoms. The Balaban J connectivity index is 3.07. The summed E-state index contributed by atoms with van der Waals surface area (Å²) in [5.74, 6) is -0.0469. The van der Waals surface area contributed by atoms with Crippen LogP contribution >= 0.6 is 0 Å². The molecule has 0 aliphatic heterocycles. The van der Waals surface area contributed by atoms with Crippen molar-refractivity contribution in [1.29, 1.82) is 0 Å². The number of hydrogen-bond donors (Lipinski definition) is 3. The fraction of sp³-hybridized carbons (Fsp3) is 0.471. The van der Waals surface area contributed by atoms with Crippen molar-refractivity contribution in [3.8, 4) is 0 Å². The fourth-order valence-electron chi connectivity index (χ4n) is 2.36. The molecule has 122 valence electrons. The zero-order chi connectivity index (χ0) is 16.7. The molecule has 0 aliphatic rings. The Morgan fingerprint density at radius 2 is 2.14 bits per heavy atom. The first-order chi connectivity index (χ1) is 10.4. The van der Waals surface area contributed by atoms with Gasteiger partial charge < -0.3 is 20.1 Å². The average molecular weight is 306 g/mol. The van der Waals surface area contributed by atoms with Crippen LogP contribution in [-0.4, -0.2) is 35.3 Å². The maximum atomic E-state index is 10.9. The predicted octanol–water partition coefficient (Wildman–Crippen LogP) is 1.14. The zero-order valence-corrected chi connectivity index (χ0v) is 13.9. The Bertz CT molecular complexity index is 643. The second kappa shape index (κ2) is 8.44.